The van der Waals surface area contributed by atoms with Crippen molar-refractivity contribution in [1.82, 2.24) is 19.9 Å². The van der Waals surface area contributed by atoms with Gasteiger partial charge in [-0.2, -0.15) is 4.98 Å². The van der Waals surface area contributed by atoms with Gasteiger partial charge in [-0.3, -0.25) is 0 Å². The molecule has 2 aromatic rings. The number of H-pyrrole nitrogens is 1. The van der Waals surface area contributed by atoms with Gasteiger partial charge in [-0.15, -0.1) is 0 Å². The van der Waals surface area contributed by atoms with Crippen LogP contribution in [0.15, 0.2) is 24.7 Å². The number of ether oxygens (including phenoxy) is 1. The second kappa shape index (κ2) is 5.76. The molecule has 4 rings (SSSR count). The van der Waals surface area contributed by atoms with E-state index in [4.69, 9.17) is 10.5 Å². The van der Waals surface area contributed by atoms with Crippen LogP contribution in [0.1, 0.15) is 29.9 Å². The zero-order valence-corrected chi connectivity index (χ0v) is 13.6. The van der Waals surface area contributed by atoms with Gasteiger partial charge < -0.3 is 20.4 Å². The minimum absolute atomic E-state index is 0.178. The lowest BCUT2D eigenvalue weighted by molar-refractivity contribution is 0.0811. The summed E-state index contributed by atoms with van der Waals surface area (Å²) in [7, 11) is 0. The molecule has 0 aliphatic carbocycles. The molecule has 2 aliphatic heterocycles. The lowest BCUT2D eigenvalue weighted by atomic mass is 9.97. The summed E-state index contributed by atoms with van der Waals surface area (Å²) >= 11 is 0. The molecule has 1 saturated heterocycles. The van der Waals surface area contributed by atoms with Crippen molar-refractivity contribution in [2.24, 2.45) is 0 Å². The molecule has 3 N–H and O–H groups in total. The normalized spacial score (nSPS) is 20.7. The Hall–Kier alpha value is -2.67. The first-order valence-corrected chi connectivity index (χ1v) is 8.07. The first-order valence-electron chi connectivity index (χ1n) is 8.07. The van der Waals surface area contributed by atoms with Gasteiger partial charge in [0.15, 0.2) is 0 Å². The van der Waals surface area contributed by atoms with Gasteiger partial charge in [0.25, 0.3) is 0 Å². The average Bonchev–Trinajstić information content (AvgIpc) is 3.09. The van der Waals surface area contributed by atoms with Crippen molar-refractivity contribution in [3.05, 3.63) is 41.8 Å². The lowest BCUT2D eigenvalue weighted by Gasteiger charge is -2.39. The Kier molecular flexibility index (Phi) is 3.57. The third kappa shape index (κ3) is 2.37. The third-order valence-electron chi connectivity index (χ3n) is 4.51. The van der Waals surface area contributed by atoms with E-state index < -0.39 is 0 Å². The summed E-state index contributed by atoms with van der Waals surface area (Å²) in [5.74, 6) is 1.86. The molecule has 0 bridgehead atoms. The molecular weight excluding hydrogens is 304 g/mol. The molecule has 0 radical (unpaired) electrons. The van der Waals surface area contributed by atoms with Gasteiger partial charge in [0.2, 0.25) is 5.95 Å². The fourth-order valence-corrected chi connectivity index (χ4v) is 3.36. The van der Waals surface area contributed by atoms with Crippen LogP contribution in [0, 0.1) is 6.92 Å². The number of aromatic amines is 1. The number of rotatable bonds is 2. The fraction of sp³-hybridized carbons (Fsp3) is 0.353. The van der Waals surface area contributed by atoms with Crippen molar-refractivity contribution < 1.29 is 4.74 Å². The molecule has 7 nitrogen and oxygen atoms in total. The molecule has 1 atom stereocenters. The largest absolute Gasteiger partial charge is 0.379 e. The van der Waals surface area contributed by atoms with Crippen LogP contribution >= 0.6 is 0 Å². The van der Waals surface area contributed by atoms with E-state index in [-0.39, 0.29) is 12.0 Å². The molecule has 1 fully saturated rings. The number of aromatic nitrogens is 4. The summed E-state index contributed by atoms with van der Waals surface area (Å²) in [6.45, 7) is 7.70. The van der Waals surface area contributed by atoms with Crippen molar-refractivity contribution in [2.45, 2.75) is 25.8 Å². The monoisotopic (exact) mass is 324 g/mol. The number of allylic oxidation sites excluding steroid dienone is 1. The maximum atomic E-state index is 5.90. The van der Waals surface area contributed by atoms with Gasteiger partial charge in [-0.05, 0) is 25.8 Å². The molecular formula is C17H20N6O. The van der Waals surface area contributed by atoms with Crippen molar-refractivity contribution in [1.29, 1.82) is 0 Å². The quantitative estimate of drug-likeness (QED) is 0.879. The lowest BCUT2D eigenvalue weighted by Crippen LogP contribution is -2.42. The Morgan fingerprint density at radius 1 is 1.42 bits per heavy atom. The van der Waals surface area contributed by atoms with E-state index in [1.165, 1.54) is 0 Å². The van der Waals surface area contributed by atoms with Crippen LogP contribution in [0.5, 0.6) is 0 Å². The van der Waals surface area contributed by atoms with E-state index >= 15 is 0 Å². The fourth-order valence-electron chi connectivity index (χ4n) is 3.36. The number of anilines is 2. The molecule has 24 heavy (non-hydrogen) atoms. The second-order valence-corrected chi connectivity index (χ2v) is 6.09. The number of nitrogens with two attached hydrogens (primary N) is 1. The predicted octanol–water partition coefficient (Wildman–Crippen LogP) is 2.14. The summed E-state index contributed by atoms with van der Waals surface area (Å²) in [6.07, 6.45) is 7.61. The maximum absolute atomic E-state index is 5.90. The van der Waals surface area contributed by atoms with Gasteiger partial charge in [-0.1, -0.05) is 6.58 Å². The number of fused-ring (bicyclic) bond motifs is 1. The van der Waals surface area contributed by atoms with Crippen molar-refractivity contribution >= 4 is 23.4 Å². The molecule has 0 spiro atoms. The molecule has 0 amide bonds. The number of imidazole rings is 1. The molecule has 4 heterocycles. The Morgan fingerprint density at radius 2 is 2.29 bits per heavy atom. The maximum Gasteiger partial charge on any atom is 0.222 e. The molecule has 2 aromatic heterocycles. The van der Waals surface area contributed by atoms with E-state index in [2.05, 4.69) is 31.4 Å². The highest BCUT2D eigenvalue weighted by Crippen LogP contribution is 2.40. The smallest absolute Gasteiger partial charge is 0.222 e. The average molecular weight is 324 g/mol. The SMILES string of the molecule is C=C1C(c2ncc[nH]2)=Cc2c(C)nc(N)nc2N1[C@@H]1CCCOC1. The highest BCUT2D eigenvalue weighted by atomic mass is 16.5. The second-order valence-electron chi connectivity index (χ2n) is 6.09. The Morgan fingerprint density at radius 3 is 3.00 bits per heavy atom. The number of nitrogens with zero attached hydrogens (tertiary/aromatic N) is 4. The predicted molar refractivity (Wildman–Crippen MR) is 93.1 cm³/mol. The van der Waals surface area contributed by atoms with Gasteiger partial charge in [0, 0.05) is 35.8 Å². The van der Waals surface area contributed by atoms with E-state index in [9.17, 15) is 0 Å². The molecule has 0 unspecified atom stereocenters. The molecule has 2 aliphatic rings. The van der Waals surface area contributed by atoms with E-state index in [0.717, 1.165) is 53.6 Å². The standard InChI is InChI=1S/C17H20N6O/c1-10-13-8-14(15-19-5-6-20-15)11(2)23(12-4-3-7-24-9-12)16(13)22-17(18)21-10/h5-6,8,12H,2-4,7,9H2,1H3,(H,19,20)(H2,18,21,22)/t12-/m1/s1. The zero-order chi connectivity index (χ0) is 16.7. The summed E-state index contributed by atoms with van der Waals surface area (Å²) in [5.41, 5.74) is 9.49. The molecule has 0 aromatic carbocycles. The van der Waals surface area contributed by atoms with Crippen molar-refractivity contribution in [2.75, 3.05) is 23.8 Å². The van der Waals surface area contributed by atoms with Crippen LogP contribution in [0.25, 0.3) is 11.6 Å². The number of hydrogen-bond donors (Lipinski definition) is 2. The van der Waals surface area contributed by atoms with Crippen LogP contribution in [0.4, 0.5) is 11.8 Å². The minimum Gasteiger partial charge on any atom is -0.379 e. The molecule has 7 heteroatoms. The van der Waals surface area contributed by atoms with Crippen LogP contribution < -0.4 is 10.6 Å². The summed E-state index contributed by atoms with van der Waals surface area (Å²) in [6, 6.07) is 0.178. The van der Waals surface area contributed by atoms with Gasteiger partial charge >= 0.3 is 0 Å². The van der Waals surface area contributed by atoms with Crippen LogP contribution in [-0.2, 0) is 4.74 Å². The van der Waals surface area contributed by atoms with Crippen molar-refractivity contribution in [3.8, 4) is 0 Å². The van der Waals surface area contributed by atoms with Crippen LogP contribution in [-0.4, -0.2) is 39.2 Å². The summed E-state index contributed by atoms with van der Waals surface area (Å²) < 4.78 is 5.68. The molecule has 0 saturated carbocycles. The van der Waals surface area contributed by atoms with Crippen LogP contribution in [0.3, 0.4) is 0 Å². The number of hydrogen-bond acceptors (Lipinski definition) is 6. The zero-order valence-electron chi connectivity index (χ0n) is 13.6. The summed E-state index contributed by atoms with van der Waals surface area (Å²) in [4.78, 5) is 18.5. The molecule has 124 valence electrons. The third-order valence-corrected chi connectivity index (χ3v) is 4.51. The highest BCUT2D eigenvalue weighted by Gasteiger charge is 2.33. The van der Waals surface area contributed by atoms with Gasteiger partial charge in [0.1, 0.15) is 11.6 Å². The highest BCUT2D eigenvalue weighted by molar-refractivity contribution is 5.97. The Labute approximate surface area is 140 Å². The number of aryl methyl sites for hydroxylation is 1. The van der Waals surface area contributed by atoms with E-state index in [1.54, 1.807) is 12.4 Å². The van der Waals surface area contributed by atoms with Crippen LogP contribution in [0.2, 0.25) is 0 Å². The van der Waals surface area contributed by atoms with Gasteiger partial charge in [0.05, 0.1) is 18.3 Å². The first-order chi connectivity index (χ1) is 11.6. The van der Waals surface area contributed by atoms with E-state index in [0.29, 0.717) is 6.61 Å². The minimum atomic E-state index is 0.178. The van der Waals surface area contributed by atoms with Crippen molar-refractivity contribution in [3.63, 3.8) is 0 Å². The Bertz CT molecular complexity index is 805. The topological polar surface area (TPSA) is 93.0 Å². The van der Waals surface area contributed by atoms with Gasteiger partial charge in [-0.25, -0.2) is 9.97 Å². The Balaban J connectivity index is 1.88. The first kappa shape index (κ1) is 14.9. The number of nitrogens with one attached hydrogen (secondary N) is 1. The number of nitrogen functional groups attached to an aromatic ring is 1. The summed E-state index contributed by atoms with van der Waals surface area (Å²) in [5, 5.41) is 0. The van der Waals surface area contributed by atoms with E-state index in [1.807, 2.05) is 13.0 Å².